The van der Waals surface area contributed by atoms with E-state index in [1.54, 1.807) is 0 Å². The number of hydrogen-bond donors (Lipinski definition) is 2. The Bertz CT molecular complexity index is 1120. The molecule has 0 saturated carbocycles. The Morgan fingerprint density at radius 1 is 0.706 bits per heavy atom. The highest BCUT2D eigenvalue weighted by Gasteiger charge is 2.36. The van der Waals surface area contributed by atoms with E-state index < -0.39 is 56.1 Å². The predicted molar refractivity (Wildman–Crippen MR) is 109 cm³/mol. The molecule has 0 spiro atoms. The van der Waals surface area contributed by atoms with Gasteiger partial charge in [0.2, 0.25) is 0 Å². The van der Waals surface area contributed by atoms with Gasteiger partial charge in [0.25, 0.3) is 11.4 Å². The third kappa shape index (κ3) is 7.03. The molecular formula is C20H12F6N4O4. The maximum atomic E-state index is 13.1. The van der Waals surface area contributed by atoms with Crippen molar-refractivity contribution in [3.63, 3.8) is 0 Å². The van der Waals surface area contributed by atoms with E-state index in [0.717, 1.165) is 24.3 Å². The fourth-order valence-electron chi connectivity index (χ4n) is 2.52. The summed E-state index contributed by atoms with van der Waals surface area (Å²) in [5, 5.41) is 26.1. The predicted octanol–water partition coefficient (Wildman–Crippen LogP) is 5.07. The number of alkyl halides is 6. The molecule has 0 aliphatic carbocycles. The van der Waals surface area contributed by atoms with E-state index in [9.17, 15) is 46.6 Å². The normalized spacial score (nSPS) is 10.9. The number of halogens is 6. The average molecular weight is 486 g/mol. The van der Waals surface area contributed by atoms with Gasteiger partial charge in [0.05, 0.1) is 34.1 Å². The van der Waals surface area contributed by atoms with Crippen LogP contribution in [-0.4, -0.2) is 22.9 Å². The van der Waals surface area contributed by atoms with E-state index in [-0.39, 0.29) is 13.1 Å². The second-order valence-electron chi connectivity index (χ2n) is 6.28. The van der Waals surface area contributed by atoms with Gasteiger partial charge in [0.15, 0.2) is 0 Å². The Labute approximate surface area is 187 Å². The number of nitrogens with one attached hydrogen (secondary N) is 2. The zero-order chi connectivity index (χ0) is 25.5. The van der Waals surface area contributed by atoms with Crippen LogP contribution < -0.4 is 10.6 Å². The van der Waals surface area contributed by atoms with Crippen molar-refractivity contribution in [2.45, 2.75) is 12.4 Å². The lowest BCUT2D eigenvalue weighted by Crippen LogP contribution is -2.11. The molecule has 2 aromatic carbocycles. The molecule has 0 atom stereocenters. The van der Waals surface area contributed by atoms with Crippen molar-refractivity contribution < 1.29 is 36.2 Å². The molecule has 2 N–H and O–H groups in total. The van der Waals surface area contributed by atoms with Crippen molar-refractivity contribution in [2.75, 3.05) is 23.7 Å². The first-order valence-electron chi connectivity index (χ1n) is 8.95. The summed E-state index contributed by atoms with van der Waals surface area (Å²) in [4.78, 5) is 19.4. The Balaban J connectivity index is 2.01. The topological polar surface area (TPSA) is 110 Å². The van der Waals surface area contributed by atoms with Gasteiger partial charge in [-0.25, -0.2) is 0 Å². The smallest absolute Gasteiger partial charge is 0.374 e. The number of anilines is 2. The molecule has 14 heteroatoms. The van der Waals surface area contributed by atoms with Crippen LogP contribution in [-0.2, 0) is 12.4 Å². The largest absolute Gasteiger partial charge is 0.418 e. The lowest BCUT2D eigenvalue weighted by molar-refractivity contribution is -0.385. The summed E-state index contributed by atoms with van der Waals surface area (Å²) < 4.78 is 78.5. The Morgan fingerprint density at radius 2 is 1.06 bits per heavy atom. The zero-order valence-corrected chi connectivity index (χ0v) is 16.7. The van der Waals surface area contributed by atoms with Crippen LogP contribution in [0.15, 0.2) is 36.4 Å². The molecule has 34 heavy (non-hydrogen) atoms. The minimum Gasteiger partial charge on any atom is -0.374 e. The van der Waals surface area contributed by atoms with Gasteiger partial charge in [-0.1, -0.05) is 11.8 Å². The summed E-state index contributed by atoms with van der Waals surface area (Å²) in [5.41, 5.74) is -4.82. The van der Waals surface area contributed by atoms with E-state index in [0.29, 0.717) is 12.1 Å². The molecule has 178 valence electrons. The minimum atomic E-state index is -4.85. The first-order valence-corrected chi connectivity index (χ1v) is 8.95. The Morgan fingerprint density at radius 3 is 1.35 bits per heavy atom. The van der Waals surface area contributed by atoms with E-state index in [1.807, 2.05) is 0 Å². The number of rotatable bonds is 6. The van der Waals surface area contributed by atoms with Crippen molar-refractivity contribution in [3.8, 4) is 23.7 Å². The fourth-order valence-corrected chi connectivity index (χ4v) is 2.52. The molecule has 0 aromatic heterocycles. The van der Waals surface area contributed by atoms with Gasteiger partial charge in [-0.15, -0.1) is 0 Å². The molecule has 0 aliphatic heterocycles. The van der Waals surface area contributed by atoms with Gasteiger partial charge in [-0.2, -0.15) is 26.3 Å². The highest BCUT2D eigenvalue weighted by Crippen LogP contribution is 2.38. The van der Waals surface area contributed by atoms with Gasteiger partial charge >= 0.3 is 12.4 Å². The van der Waals surface area contributed by atoms with Crippen LogP contribution in [0.3, 0.4) is 0 Å². The van der Waals surface area contributed by atoms with Crippen molar-refractivity contribution in [1.82, 2.24) is 0 Å². The molecule has 0 radical (unpaired) electrons. The molecule has 2 aromatic rings. The van der Waals surface area contributed by atoms with Crippen LogP contribution in [0.1, 0.15) is 11.1 Å². The molecule has 0 heterocycles. The van der Waals surface area contributed by atoms with E-state index in [2.05, 4.69) is 34.3 Å². The number of nitro benzene ring substituents is 2. The maximum absolute atomic E-state index is 13.1. The SMILES string of the molecule is O=[N+]([O-])c1ccc(NCC#CC#CCNc2ccc([N+](=O)[O-])cc2C(F)(F)F)c(C(F)(F)F)c1. The number of nitrogens with zero attached hydrogens (tertiary/aromatic N) is 2. The van der Waals surface area contributed by atoms with Crippen LogP contribution in [0.4, 0.5) is 49.1 Å². The van der Waals surface area contributed by atoms with E-state index in [1.165, 1.54) is 0 Å². The minimum absolute atomic E-state index is 0.302. The fraction of sp³-hybridized carbons (Fsp3) is 0.200. The quantitative estimate of drug-likeness (QED) is 0.255. The number of nitro groups is 2. The third-order valence-electron chi connectivity index (χ3n) is 4.01. The molecule has 0 amide bonds. The summed E-state index contributed by atoms with van der Waals surface area (Å²) in [6, 6.07) is 4.33. The monoisotopic (exact) mass is 486 g/mol. The van der Waals surface area contributed by atoms with Crippen molar-refractivity contribution in [2.24, 2.45) is 0 Å². The van der Waals surface area contributed by atoms with E-state index >= 15 is 0 Å². The van der Waals surface area contributed by atoms with Gasteiger partial charge in [-0.3, -0.25) is 20.2 Å². The van der Waals surface area contributed by atoms with Crippen LogP contribution in [0, 0.1) is 43.9 Å². The second-order valence-corrected chi connectivity index (χ2v) is 6.28. The molecule has 0 unspecified atom stereocenters. The molecule has 0 aliphatic rings. The molecule has 2 rings (SSSR count). The summed E-state index contributed by atoms with van der Waals surface area (Å²) in [7, 11) is 0. The average Bonchev–Trinajstić information content (AvgIpc) is 2.74. The number of hydrogen-bond acceptors (Lipinski definition) is 6. The number of non-ortho nitro benzene ring substituents is 2. The molecule has 0 saturated heterocycles. The van der Waals surface area contributed by atoms with E-state index in [4.69, 9.17) is 0 Å². The first kappa shape index (κ1) is 25.8. The van der Waals surface area contributed by atoms with Crippen LogP contribution >= 0.6 is 0 Å². The van der Waals surface area contributed by atoms with Gasteiger partial charge in [0, 0.05) is 35.6 Å². The second kappa shape index (κ2) is 10.4. The Hall–Kier alpha value is -4.46. The number of benzene rings is 2. The summed E-state index contributed by atoms with van der Waals surface area (Å²) in [6.07, 6.45) is -9.69. The standard InChI is InChI=1S/C20H12F6N4O4/c21-19(22,23)15-11-13(29(31)32)5-7-17(15)27-9-3-1-2-4-10-28-18-8-6-14(30(33)34)12-16(18)20(24,25)26/h5-8,11-12,27-28H,9-10H2. The summed E-state index contributed by atoms with van der Waals surface area (Å²) in [5.74, 6) is 9.34. The van der Waals surface area contributed by atoms with Crippen molar-refractivity contribution in [3.05, 3.63) is 67.8 Å². The van der Waals surface area contributed by atoms with Gasteiger partial charge in [0.1, 0.15) is 0 Å². The van der Waals surface area contributed by atoms with Crippen molar-refractivity contribution in [1.29, 1.82) is 0 Å². The Kier molecular flexibility index (Phi) is 7.92. The summed E-state index contributed by atoms with van der Waals surface area (Å²) in [6.45, 7) is -0.604. The van der Waals surface area contributed by atoms with Gasteiger partial charge in [-0.05, 0) is 24.0 Å². The highest BCUT2D eigenvalue weighted by atomic mass is 19.4. The third-order valence-corrected chi connectivity index (χ3v) is 4.01. The molecular weight excluding hydrogens is 474 g/mol. The van der Waals surface area contributed by atoms with Crippen LogP contribution in [0.2, 0.25) is 0 Å². The molecule has 8 nitrogen and oxygen atoms in total. The van der Waals surface area contributed by atoms with Crippen molar-refractivity contribution >= 4 is 22.7 Å². The maximum Gasteiger partial charge on any atom is 0.418 e. The zero-order valence-electron chi connectivity index (χ0n) is 16.7. The lowest BCUT2D eigenvalue weighted by atomic mass is 10.1. The molecule has 0 fully saturated rings. The highest BCUT2D eigenvalue weighted by molar-refractivity contribution is 5.59. The van der Waals surface area contributed by atoms with Crippen LogP contribution in [0.25, 0.3) is 0 Å². The molecule has 0 bridgehead atoms. The summed E-state index contributed by atoms with van der Waals surface area (Å²) >= 11 is 0. The first-order chi connectivity index (χ1) is 15.8. The lowest BCUT2D eigenvalue weighted by Gasteiger charge is -2.12. The van der Waals surface area contributed by atoms with Crippen LogP contribution in [0.5, 0.6) is 0 Å². The van der Waals surface area contributed by atoms with Gasteiger partial charge < -0.3 is 10.6 Å².